The maximum absolute atomic E-state index is 11.6. The third kappa shape index (κ3) is 2.91. The summed E-state index contributed by atoms with van der Waals surface area (Å²) in [6.45, 7) is 3.60. The molecule has 0 aliphatic rings. The van der Waals surface area contributed by atoms with Crippen LogP contribution in [0.15, 0.2) is 36.7 Å². The van der Waals surface area contributed by atoms with E-state index in [1.165, 1.54) is 11.0 Å². The topological polar surface area (TPSA) is 98.8 Å². The minimum atomic E-state index is -0.537. The van der Waals surface area contributed by atoms with Crippen LogP contribution in [-0.2, 0) is 0 Å². The van der Waals surface area contributed by atoms with Gasteiger partial charge in [-0.25, -0.2) is 14.6 Å². The molecule has 0 fully saturated rings. The lowest BCUT2D eigenvalue weighted by atomic mass is 10.3. The van der Waals surface area contributed by atoms with Gasteiger partial charge < -0.3 is 5.32 Å². The molecule has 122 valence electrons. The molecule has 0 unspecified atom stereocenters. The third-order valence-electron chi connectivity index (χ3n) is 3.32. The van der Waals surface area contributed by atoms with Gasteiger partial charge in [-0.05, 0) is 32.0 Å². The molecule has 3 rings (SSSR count). The van der Waals surface area contributed by atoms with E-state index >= 15 is 0 Å². The monoisotopic (exact) mass is 344 g/mol. The summed E-state index contributed by atoms with van der Waals surface area (Å²) in [7, 11) is 0. The van der Waals surface area contributed by atoms with Crippen LogP contribution in [0.3, 0.4) is 0 Å². The molecule has 0 aliphatic heterocycles. The van der Waals surface area contributed by atoms with Gasteiger partial charge in [-0.3, -0.25) is 10.1 Å². The van der Waals surface area contributed by atoms with E-state index in [0.717, 1.165) is 11.4 Å². The average molecular weight is 345 g/mol. The Hall–Kier alpha value is -3.00. The number of hydrogen-bond donors (Lipinski definition) is 1. The molecule has 0 atom stereocenters. The average Bonchev–Trinajstić information content (AvgIpc) is 2.87. The van der Waals surface area contributed by atoms with Gasteiger partial charge in [-0.1, -0.05) is 23.7 Å². The first-order chi connectivity index (χ1) is 11.5. The van der Waals surface area contributed by atoms with Crippen molar-refractivity contribution in [2.24, 2.45) is 0 Å². The molecule has 0 radical (unpaired) electrons. The first kappa shape index (κ1) is 15.9. The first-order valence-corrected chi connectivity index (χ1v) is 7.39. The minimum Gasteiger partial charge on any atom is -0.333 e. The highest BCUT2D eigenvalue weighted by molar-refractivity contribution is 6.33. The van der Waals surface area contributed by atoms with Crippen molar-refractivity contribution in [1.29, 1.82) is 0 Å². The van der Waals surface area contributed by atoms with Crippen molar-refractivity contribution < 1.29 is 4.92 Å². The van der Waals surface area contributed by atoms with Crippen molar-refractivity contribution in [2.45, 2.75) is 13.8 Å². The van der Waals surface area contributed by atoms with E-state index in [4.69, 9.17) is 11.6 Å². The number of aromatic nitrogens is 4. The fourth-order valence-electron chi connectivity index (χ4n) is 2.32. The molecule has 2 heterocycles. The van der Waals surface area contributed by atoms with Crippen molar-refractivity contribution in [3.05, 3.63) is 63.2 Å². The van der Waals surface area contributed by atoms with Crippen molar-refractivity contribution in [3.63, 3.8) is 0 Å². The van der Waals surface area contributed by atoms with E-state index in [2.05, 4.69) is 20.4 Å². The molecule has 0 bridgehead atoms. The van der Waals surface area contributed by atoms with Crippen molar-refractivity contribution in [3.8, 4) is 5.82 Å². The van der Waals surface area contributed by atoms with E-state index in [0.29, 0.717) is 10.7 Å². The van der Waals surface area contributed by atoms with E-state index in [1.807, 2.05) is 6.07 Å². The van der Waals surface area contributed by atoms with Gasteiger partial charge in [-0.2, -0.15) is 5.10 Å². The van der Waals surface area contributed by atoms with Gasteiger partial charge >= 0.3 is 5.69 Å². The Morgan fingerprint density at radius 1 is 1.25 bits per heavy atom. The summed E-state index contributed by atoms with van der Waals surface area (Å²) < 4.78 is 1.42. The van der Waals surface area contributed by atoms with Gasteiger partial charge in [0.1, 0.15) is 6.33 Å². The van der Waals surface area contributed by atoms with E-state index in [9.17, 15) is 10.1 Å². The van der Waals surface area contributed by atoms with Gasteiger partial charge in [0.2, 0.25) is 11.6 Å². The summed E-state index contributed by atoms with van der Waals surface area (Å²) in [6.07, 6.45) is 1.25. The summed E-state index contributed by atoms with van der Waals surface area (Å²) in [5.41, 5.74) is 1.71. The molecule has 2 aromatic heterocycles. The molecule has 3 aromatic rings. The summed E-state index contributed by atoms with van der Waals surface area (Å²) >= 11 is 6.10. The highest BCUT2D eigenvalue weighted by Gasteiger charge is 2.26. The maximum atomic E-state index is 11.6. The number of nitrogens with one attached hydrogen (secondary N) is 1. The van der Waals surface area contributed by atoms with Crippen LogP contribution >= 0.6 is 11.6 Å². The molecular weight excluding hydrogens is 332 g/mol. The number of benzene rings is 1. The van der Waals surface area contributed by atoms with Crippen LogP contribution in [0.2, 0.25) is 5.02 Å². The molecule has 1 aromatic carbocycles. The molecule has 8 nitrogen and oxygen atoms in total. The summed E-state index contributed by atoms with van der Waals surface area (Å²) in [4.78, 5) is 19.1. The predicted molar refractivity (Wildman–Crippen MR) is 90.0 cm³/mol. The Morgan fingerprint density at radius 2 is 2.00 bits per heavy atom. The second-order valence-electron chi connectivity index (χ2n) is 5.10. The van der Waals surface area contributed by atoms with Crippen molar-refractivity contribution in [1.82, 2.24) is 19.7 Å². The third-order valence-corrected chi connectivity index (χ3v) is 3.65. The number of halogens is 1. The molecule has 0 amide bonds. The second-order valence-corrected chi connectivity index (χ2v) is 5.50. The molecule has 0 saturated heterocycles. The van der Waals surface area contributed by atoms with E-state index in [-0.39, 0.29) is 17.3 Å². The maximum Gasteiger partial charge on any atom is 0.355 e. The standard InChI is InChI=1S/C15H13ClN6O2/c1-9-7-10(2)21(20-9)15-13(22(23)24)14(17-8-18-15)19-12-6-4-3-5-11(12)16/h3-8H,1-2H3,(H,17,18,19). The van der Waals surface area contributed by atoms with Crippen LogP contribution in [0.4, 0.5) is 17.2 Å². The number of aryl methyl sites for hydroxylation is 2. The Kier molecular flexibility index (Phi) is 4.13. The normalized spacial score (nSPS) is 10.6. The first-order valence-electron chi connectivity index (χ1n) is 7.02. The van der Waals surface area contributed by atoms with Crippen LogP contribution < -0.4 is 5.32 Å². The Bertz CT molecular complexity index is 924. The minimum absolute atomic E-state index is 0.0469. The van der Waals surface area contributed by atoms with Gasteiger partial charge in [-0.15, -0.1) is 0 Å². The molecule has 0 saturated carbocycles. The zero-order chi connectivity index (χ0) is 17.3. The van der Waals surface area contributed by atoms with Gasteiger partial charge in [0.05, 0.1) is 21.3 Å². The lowest BCUT2D eigenvalue weighted by molar-refractivity contribution is -0.384. The smallest absolute Gasteiger partial charge is 0.333 e. The number of rotatable bonds is 4. The number of nitrogens with zero attached hydrogens (tertiary/aromatic N) is 5. The molecule has 24 heavy (non-hydrogen) atoms. The quantitative estimate of drug-likeness (QED) is 0.573. The molecule has 9 heteroatoms. The van der Waals surface area contributed by atoms with Crippen LogP contribution in [0.25, 0.3) is 5.82 Å². The zero-order valence-corrected chi connectivity index (χ0v) is 13.7. The van der Waals surface area contributed by atoms with Crippen LogP contribution in [0.1, 0.15) is 11.4 Å². The molecule has 0 spiro atoms. The fourth-order valence-corrected chi connectivity index (χ4v) is 2.50. The predicted octanol–water partition coefficient (Wildman–Crippen LogP) is 3.58. The molecular formula is C15H13ClN6O2. The number of anilines is 2. The van der Waals surface area contributed by atoms with Crippen molar-refractivity contribution >= 4 is 28.8 Å². The largest absolute Gasteiger partial charge is 0.355 e. The van der Waals surface area contributed by atoms with Crippen LogP contribution in [0, 0.1) is 24.0 Å². The summed E-state index contributed by atoms with van der Waals surface area (Å²) in [6, 6.07) is 8.73. The van der Waals surface area contributed by atoms with Crippen LogP contribution in [0.5, 0.6) is 0 Å². The number of para-hydroxylation sites is 1. The Morgan fingerprint density at radius 3 is 2.62 bits per heavy atom. The van der Waals surface area contributed by atoms with E-state index < -0.39 is 4.92 Å². The number of hydrogen-bond acceptors (Lipinski definition) is 6. The highest BCUT2D eigenvalue weighted by atomic mass is 35.5. The summed E-state index contributed by atoms with van der Waals surface area (Å²) in [5.74, 6) is 0.140. The van der Waals surface area contributed by atoms with Gasteiger partial charge in [0, 0.05) is 5.69 Å². The number of nitro groups is 1. The van der Waals surface area contributed by atoms with Crippen LogP contribution in [-0.4, -0.2) is 24.7 Å². The molecule has 1 N–H and O–H groups in total. The van der Waals surface area contributed by atoms with Gasteiger partial charge in [0.15, 0.2) is 0 Å². The highest BCUT2D eigenvalue weighted by Crippen LogP contribution is 2.32. The Balaban J connectivity index is 2.14. The lowest BCUT2D eigenvalue weighted by Gasteiger charge is -2.10. The van der Waals surface area contributed by atoms with E-state index in [1.54, 1.807) is 38.1 Å². The van der Waals surface area contributed by atoms with Crippen molar-refractivity contribution in [2.75, 3.05) is 5.32 Å². The fraction of sp³-hybridized carbons (Fsp3) is 0.133. The summed E-state index contributed by atoms with van der Waals surface area (Å²) in [5, 5.41) is 19.2. The van der Waals surface area contributed by atoms with Gasteiger partial charge in [0.25, 0.3) is 0 Å². The Labute approximate surface area is 142 Å². The SMILES string of the molecule is Cc1cc(C)n(-c2ncnc(Nc3ccccc3Cl)c2[N+](=O)[O-])n1. The second kappa shape index (κ2) is 6.25. The lowest BCUT2D eigenvalue weighted by Crippen LogP contribution is -2.10. The zero-order valence-electron chi connectivity index (χ0n) is 12.9. The molecule has 0 aliphatic carbocycles.